The normalized spacial score (nSPS) is 20.3. The van der Waals surface area contributed by atoms with Crippen molar-refractivity contribution in [1.29, 1.82) is 0 Å². The molecule has 4 aromatic rings. The Bertz CT molecular complexity index is 1290. The van der Waals surface area contributed by atoms with Gasteiger partial charge in [0.2, 0.25) is 0 Å². The van der Waals surface area contributed by atoms with E-state index in [9.17, 15) is 9.18 Å². The number of carbonyl (C=O) groups is 1. The maximum Gasteiger partial charge on any atom is 0.254 e. The summed E-state index contributed by atoms with van der Waals surface area (Å²) >= 11 is 1.75. The Morgan fingerprint density at radius 1 is 0.848 bits per heavy atom. The van der Waals surface area contributed by atoms with E-state index in [1.54, 1.807) is 23.5 Å². The number of aromatic nitrogens is 1. The minimum absolute atomic E-state index is 0.00279. The van der Waals surface area contributed by atoms with E-state index < -0.39 is 0 Å². The van der Waals surface area contributed by atoms with Crippen LogP contribution in [-0.4, -0.2) is 42.0 Å². The minimum Gasteiger partial charge on any atom is -0.347 e. The first-order valence-electron chi connectivity index (χ1n) is 11.4. The number of amides is 1. The molecule has 2 atom stereocenters. The highest BCUT2D eigenvalue weighted by Gasteiger charge is 2.37. The monoisotopic (exact) mass is 457 g/mol. The van der Waals surface area contributed by atoms with E-state index in [-0.39, 0.29) is 11.7 Å². The number of halogens is 1. The van der Waals surface area contributed by atoms with Crippen molar-refractivity contribution in [3.63, 3.8) is 0 Å². The first kappa shape index (κ1) is 20.4. The highest BCUT2D eigenvalue weighted by Crippen LogP contribution is 2.36. The zero-order valence-corrected chi connectivity index (χ0v) is 19.0. The smallest absolute Gasteiger partial charge is 0.254 e. The van der Waals surface area contributed by atoms with Gasteiger partial charge in [-0.2, -0.15) is 0 Å². The fourth-order valence-electron chi connectivity index (χ4n) is 5.35. The van der Waals surface area contributed by atoms with Crippen LogP contribution in [0, 0.1) is 17.7 Å². The van der Waals surface area contributed by atoms with Gasteiger partial charge in [-0.25, -0.2) is 9.37 Å². The summed E-state index contributed by atoms with van der Waals surface area (Å²) in [5.74, 6) is 0.514. The van der Waals surface area contributed by atoms with Crippen LogP contribution in [0.2, 0.25) is 0 Å². The molecule has 3 aromatic carbocycles. The maximum atomic E-state index is 14.5. The third-order valence-electron chi connectivity index (χ3n) is 6.74. The quantitative estimate of drug-likeness (QED) is 0.396. The molecule has 0 radical (unpaired) electrons. The lowest BCUT2D eigenvalue weighted by Crippen LogP contribution is -2.54. The molecule has 4 nitrogen and oxygen atoms in total. The van der Waals surface area contributed by atoms with E-state index in [0.717, 1.165) is 43.2 Å². The van der Waals surface area contributed by atoms with Crippen molar-refractivity contribution in [2.24, 2.45) is 11.8 Å². The lowest BCUT2D eigenvalue weighted by atomic mass is 9.84. The Balaban J connectivity index is 1.23. The number of thiazole rings is 1. The molecule has 2 fully saturated rings. The molecule has 1 amide bonds. The summed E-state index contributed by atoms with van der Waals surface area (Å²) in [6, 6.07) is 22.3. The SMILES string of the molecule is O=C(c1ccccc1-c1ccccc1F)N1CC2CC(C1)CN(c1nc3ccccc3s1)C2. The number of piperidine rings is 2. The highest BCUT2D eigenvalue weighted by atomic mass is 32.1. The van der Waals surface area contributed by atoms with Gasteiger partial charge in [0.05, 0.1) is 10.2 Å². The number of anilines is 1. The molecule has 2 saturated heterocycles. The predicted molar refractivity (Wildman–Crippen MR) is 131 cm³/mol. The largest absolute Gasteiger partial charge is 0.347 e. The molecule has 0 spiro atoms. The third-order valence-corrected chi connectivity index (χ3v) is 7.84. The number of likely N-dealkylation sites (tertiary alicyclic amines) is 1. The van der Waals surface area contributed by atoms with Gasteiger partial charge in [0.1, 0.15) is 5.82 Å². The Labute approximate surface area is 196 Å². The van der Waals surface area contributed by atoms with Crippen LogP contribution in [-0.2, 0) is 0 Å². The Morgan fingerprint density at radius 2 is 1.52 bits per heavy atom. The number of benzene rings is 3. The molecule has 166 valence electrons. The second kappa shape index (κ2) is 8.27. The molecular weight excluding hydrogens is 433 g/mol. The zero-order chi connectivity index (χ0) is 22.4. The number of para-hydroxylation sites is 1. The molecular formula is C27H24FN3OS. The van der Waals surface area contributed by atoms with E-state index >= 15 is 0 Å². The Kier molecular flexibility index (Phi) is 5.10. The summed E-state index contributed by atoms with van der Waals surface area (Å²) in [6.07, 6.45) is 1.14. The second-order valence-corrected chi connectivity index (χ2v) is 10.1. The Hall–Kier alpha value is -3.25. The lowest BCUT2D eigenvalue weighted by molar-refractivity contribution is 0.0565. The lowest BCUT2D eigenvalue weighted by Gasteiger charge is -2.45. The van der Waals surface area contributed by atoms with Crippen LogP contribution in [0.5, 0.6) is 0 Å². The van der Waals surface area contributed by atoms with Crippen molar-refractivity contribution in [3.05, 3.63) is 84.2 Å². The molecule has 3 heterocycles. The summed E-state index contributed by atoms with van der Waals surface area (Å²) in [7, 11) is 0. The van der Waals surface area contributed by atoms with Crippen LogP contribution in [0.4, 0.5) is 9.52 Å². The van der Waals surface area contributed by atoms with Crippen molar-refractivity contribution < 1.29 is 9.18 Å². The molecule has 0 saturated carbocycles. The van der Waals surface area contributed by atoms with Gasteiger partial charge in [0.25, 0.3) is 5.91 Å². The zero-order valence-electron chi connectivity index (χ0n) is 18.2. The number of carbonyl (C=O) groups excluding carboxylic acids is 1. The molecule has 0 aliphatic carbocycles. The van der Waals surface area contributed by atoms with Gasteiger partial charge in [-0.05, 0) is 48.1 Å². The average Bonchev–Trinajstić information content (AvgIpc) is 3.28. The fraction of sp³-hybridized carbons (Fsp3) is 0.259. The molecule has 2 unspecified atom stereocenters. The topological polar surface area (TPSA) is 36.4 Å². The summed E-state index contributed by atoms with van der Waals surface area (Å²) < 4.78 is 15.7. The van der Waals surface area contributed by atoms with Crippen molar-refractivity contribution >= 4 is 32.6 Å². The molecule has 33 heavy (non-hydrogen) atoms. The van der Waals surface area contributed by atoms with Crippen LogP contribution in [0.1, 0.15) is 16.8 Å². The molecule has 2 aliphatic heterocycles. The molecule has 2 aliphatic rings. The van der Waals surface area contributed by atoms with Crippen LogP contribution >= 0.6 is 11.3 Å². The van der Waals surface area contributed by atoms with Crippen molar-refractivity contribution in [2.45, 2.75) is 6.42 Å². The first-order chi connectivity index (χ1) is 16.2. The van der Waals surface area contributed by atoms with Crippen molar-refractivity contribution in [2.75, 3.05) is 31.1 Å². The summed E-state index contributed by atoms with van der Waals surface area (Å²) in [4.78, 5) is 22.8. The van der Waals surface area contributed by atoms with Crippen molar-refractivity contribution in [3.8, 4) is 11.1 Å². The standard InChI is InChI=1S/C27H24FN3OS/c28-23-10-4-3-8-21(23)20-7-1-2-9-22(20)26(32)30-14-18-13-19(15-30)17-31(16-18)27-29-24-11-5-6-12-25(24)33-27/h1-12,18-19H,13-17H2. The Morgan fingerprint density at radius 3 is 2.27 bits per heavy atom. The molecule has 6 rings (SSSR count). The van der Waals surface area contributed by atoms with Gasteiger partial charge in [-0.3, -0.25) is 4.79 Å². The van der Waals surface area contributed by atoms with E-state index in [0.29, 0.717) is 28.5 Å². The minimum atomic E-state index is -0.306. The van der Waals surface area contributed by atoms with E-state index in [1.807, 2.05) is 41.3 Å². The fourth-order valence-corrected chi connectivity index (χ4v) is 6.34. The number of fused-ring (bicyclic) bond motifs is 3. The van der Waals surface area contributed by atoms with Gasteiger partial charge in [-0.1, -0.05) is 59.9 Å². The molecule has 2 bridgehead atoms. The van der Waals surface area contributed by atoms with Crippen LogP contribution in [0.25, 0.3) is 21.3 Å². The van der Waals surface area contributed by atoms with Gasteiger partial charge < -0.3 is 9.80 Å². The molecule has 0 N–H and O–H groups in total. The number of hydrogen-bond donors (Lipinski definition) is 0. The number of rotatable bonds is 3. The first-order valence-corrected chi connectivity index (χ1v) is 12.2. The predicted octanol–water partition coefficient (Wildman–Crippen LogP) is 5.70. The molecule has 1 aromatic heterocycles. The van der Waals surface area contributed by atoms with Gasteiger partial charge in [0, 0.05) is 37.3 Å². The van der Waals surface area contributed by atoms with E-state index in [2.05, 4.69) is 23.1 Å². The van der Waals surface area contributed by atoms with E-state index in [4.69, 9.17) is 4.98 Å². The van der Waals surface area contributed by atoms with Crippen molar-refractivity contribution in [1.82, 2.24) is 9.88 Å². The molecule has 6 heteroatoms. The van der Waals surface area contributed by atoms with Gasteiger partial charge in [0.15, 0.2) is 5.13 Å². The number of hydrogen-bond acceptors (Lipinski definition) is 4. The second-order valence-electron chi connectivity index (χ2n) is 9.07. The third kappa shape index (κ3) is 3.78. The van der Waals surface area contributed by atoms with E-state index in [1.165, 1.54) is 10.8 Å². The van der Waals surface area contributed by atoms with Crippen LogP contribution < -0.4 is 4.90 Å². The average molecular weight is 458 g/mol. The summed E-state index contributed by atoms with van der Waals surface area (Å²) in [6.45, 7) is 3.27. The van der Waals surface area contributed by atoms with Crippen LogP contribution in [0.15, 0.2) is 72.8 Å². The highest BCUT2D eigenvalue weighted by molar-refractivity contribution is 7.22. The number of nitrogens with zero attached hydrogens (tertiary/aromatic N) is 3. The van der Waals surface area contributed by atoms with Gasteiger partial charge in [-0.15, -0.1) is 0 Å². The summed E-state index contributed by atoms with van der Waals surface area (Å²) in [5.41, 5.74) is 2.76. The van der Waals surface area contributed by atoms with Gasteiger partial charge >= 0.3 is 0 Å². The van der Waals surface area contributed by atoms with Crippen LogP contribution in [0.3, 0.4) is 0 Å². The maximum absolute atomic E-state index is 14.5. The summed E-state index contributed by atoms with van der Waals surface area (Å²) in [5, 5.41) is 1.08.